The Kier molecular flexibility index (Phi) is 3.11. The van der Waals surface area contributed by atoms with E-state index in [9.17, 15) is 4.79 Å². The van der Waals surface area contributed by atoms with Gasteiger partial charge in [-0.1, -0.05) is 6.42 Å². The zero-order valence-corrected chi connectivity index (χ0v) is 12.4. The predicted molar refractivity (Wildman–Crippen MR) is 79.0 cm³/mol. The third kappa shape index (κ3) is 2.01. The first-order valence-corrected chi connectivity index (χ1v) is 8.64. The highest BCUT2D eigenvalue weighted by Crippen LogP contribution is 2.58. The van der Waals surface area contributed by atoms with Crippen molar-refractivity contribution in [2.24, 2.45) is 23.7 Å². The molecule has 0 spiro atoms. The molecule has 4 rings (SSSR count). The van der Waals surface area contributed by atoms with Crippen LogP contribution in [0.3, 0.4) is 0 Å². The first kappa shape index (κ1) is 12.8. The number of fused-ring (bicyclic) bond motifs is 5. The minimum Gasteiger partial charge on any atom is -0.478 e. The van der Waals surface area contributed by atoms with Gasteiger partial charge in [-0.25, -0.2) is 4.79 Å². The summed E-state index contributed by atoms with van der Waals surface area (Å²) in [6.45, 7) is 0.837. The number of carboxylic acid groups (broad SMARTS) is 1. The number of carboxylic acids is 1. The number of hydrogen-bond acceptors (Lipinski definition) is 3. The second-order valence-electron chi connectivity index (χ2n) is 6.75. The lowest BCUT2D eigenvalue weighted by Gasteiger charge is -2.32. The second-order valence-corrected chi connectivity index (χ2v) is 7.74. The average molecular weight is 291 g/mol. The molecule has 5 atom stereocenters. The summed E-state index contributed by atoms with van der Waals surface area (Å²) in [6.07, 6.45) is 7.17. The van der Waals surface area contributed by atoms with Gasteiger partial charge in [-0.15, -0.1) is 11.3 Å². The predicted octanol–water partition coefficient (Wildman–Crippen LogP) is 3.36. The SMILES string of the molecule is O=C(O)c1csc(CNC2CC3CC2C2CCCC32)c1. The maximum atomic E-state index is 10.9. The van der Waals surface area contributed by atoms with Crippen LogP contribution < -0.4 is 5.32 Å². The molecule has 108 valence electrons. The molecule has 0 saturated heterocycles. The van der Waals surface area contributed by atoms with Crippen molar-refractivity contribution < 1.29 is 9.90 Å². The molecule has 1 aromatic heterocycles. The Morgan fingerprint density at radius 3 is 2.95 bits per heavy atom. The number of nitrogens with one attached hydrogen (secondary N) is 1. The van der Waals surface area contributed by atoms with Crippen LogP contribution in [0, 0.1) is 23.7 Å². The fourth-order valence-electron chi connectivity index (χ4n) is 5.12. The van der Waals surface area contributed by atoms with E-state index in [0.29, 0.717) is 11.6 Å². The molecule has 0 radical (unpaired) electrons. The first-order chi connectivity index (χ1) is 9.72. The smallest absolute Gasteiger partial charge is 0.336 e. The summed E-state index contributed by atoms with van der Waals surface area (Å²) in [5.41, 5.74) is 0.426. The van der Waals surface area contributed by atoms with Crippen molar-refractivity contribution >= 4 is 17.3 Å². The Bertz CT molecular complexity index is 526. The Labute approximate surface area is 123 Å². The number of hydrogen-bond donors (Lipinski definition) is 2. The first-order valence-electron chi connectivity index (χ1n) is 7.76. The van der Waals surface area contributed by atoms with Gasteiger partial charge in [-0.3, -0.25) is 0 Å². The van der Waals surface area contributed by atoms with Gasteiger partial charge in [0.1, 0.15) is 0 Å². The van der Waals surface area contributed by atoms with E-state index in [0.717, 1.165) is 35.1 Å². The van der Waals surface area contributed by atoms with Gasteiger partial charge in [-0.05, 0) is 55.4 Å². The van der Waals surface area contributed by atoms with E-state index in [4.69, 9.17) is 5.11 Å². The van der Waals surface area contributed by atoms with Crippen LogP contribution in [0.1, 0.15) is 47.3 Å². The van der Waals surface area contributed by atoms with Gasteiger partial charge in [0.05, 0.1) is 5.56 Å². The van der Waals surface area contributed by atoms with Crippen LogP contribution in [0.5, 0.6) is 0 Å². The summed E-state index contributed by atoms with van der Waals surface area (Å²) in [6, 6.07) is 2.49. The van der Waals surface area contributed by atoms with Crippen LogP contribution in [0.25, 0.3) is 0 Å². The summed E-state index contributed by atoms with van der Waals surface area (Å²) in [7, 11) is 0. The van der Waals surface area contributed by atoms with Crippen molar-refractivity contribution in [3.8, 4) is 0 Å². The van der Waals surface area contributed by atoms with Crippen molar-refractivity contribution in [3.05, 3.63) is 21.9 Å². The molecule has 4 heteroatoms. The minimum atomic E-state index is -0.818. The van der Waals surface area contributed by atoms with Crippen molar-refractivity contribution in [2.45, 2.75) is 44.7 Å². The van der Waals surface area contributed by atoms with Gasteiger partial charge < -0.3 is 10.4 Å². The molecule has 0 amide bonds. The maximum Gasteiger partial charge on any atom is 0.336 e. The molecular formula is C16H21NO2S. The standard InChI is InChI=1S/C16H21NO2S/c18-16(19)10-4-11(20-8-10)7-17-15-6-9-5-14(15)13-3-1-2-12(9)13/h4,8-9,12-15,17H,1-3,5-7H2,(H,18,19). The van der Waals surface area contributed by atoms with Crippen LogP contribution in [-0.4, -0.2) is 17.1 Å². The van der Waals surface area contributed by atoms with Crippen LogP contribution in [0.2, 0.25) is 0 Å². The fraction of sp³-hybridized carbons (Fsp3) is 0.688. The van der Waals surface area contributed by atoms with Crippen LogP contribution in [0.15, 0.2) is 11.4 Å². The summed E-state index contributed by atoms with van der Waals surface area (Å²) in [5, 5.41) is 14.4. The molecule has 1 heterocycles. The molecule has 20 heavy (non-hydrogen) atoms. The molecule has 1 aromatic rings. The Balaban J connectivity index is 1.37. The minimum absolute atomic E-state index is 0.426. The number of thiophene rings is 1. The fourth-order valence-corrected chi connectivity index (χ4v) is 5.93. The normalized spacial score (nSPS) is 38.3. The molecule has 3 aliphatic rings. The van der Waals surface area contributed by atoms with Crippen LogP contribution >= 0.6 is 11.3 Å². The summed E-state index contributed by atoms with van der Waals surface area (Å²) >= 11 is 1.56. The van der Waals surface area contributed by atoms with Gasteiger partial charge in [0, 0.05) is 22.8 Å². The van der Waals surface area contributed by atoms with Crippen molar-refractivity contribution in [2.75, 3.05) is 0 Å². The Hall–Kier alpha value is -0.870. The topological polar surface area (TPSA) is 49.3 Å². The lowest BCUT2D eigenvalue weighted by Crippen LogP contribution is -2.38. The molecule has 0 aliphatic heterocycles. The van der Waals surface area contributed by atoms with Crippen LogP contribution in [0.4, 0.5) is 0 Å². The average Bonchev–Trinajstić information content (AvgIpc) is 3.17. The van der Waals surface area contributed by atoms with Gasteiger partial charge in [0.15, 0.2) is 0 Å². The molecule has 5 unspecified atom stereocenters. The molecule has 3 fully saturated rings. The van der Waals surface area contributed by atoms with Crippen LogP contribution in [-0.2, 0) is 6.54 Å². The van der Waals surface area contributed by atoms with Gasteiger partial charge in [-0.2, -0.15) is 0 Å². The summed E-state index contributed by atoms with van der Waals surface area (Å²) in [4.78, 5) is 12.0. The molecule has 3 aliphatic carbocycles. The number of aromatic carboxylic acids is 1. The van der Waals surface area contributed by atoms with E-state index in [1.54, 1.807) is 16.7 Å². The number of rotatable bonds is 4. The highest BCUT2D eigenvalue weighted by molar-refractivity contribution is 7.10. The third-order valence-corrected chi connectivity index (χ3v) is 6.80. The molecule has 3 saturated carbocycles. The second kappa shape index (κ2) is 4.85. The van der Waals surface area contributed by atoms with E-state index in [1.807, 2.05) is 6.07 Å². The largest absolute Gasteiger partial charge is 0.478 e. The lowest BCUT2D eigenvalue weighted by molar-refractivity contribution is 0.0697. The quantitative estimate of drug-likeness (QED) is 0.894. The van der Waals surface area contributed by atoms with Crippen molar-refractivity contribution in [3.63, 3.8) is 0 Å². The maximum absolute atomic E-state index is 10.9. The third-order valence-electron chi connectivity index (χ3n) is 5.87. The van der Waals surface area contributed by atoms with E-state index in [2.05, 4.69) is 5.32 Å². The molecule has 0 aromatic carbocycles. The van der Waals surface area contributed by atoms with Crippen molar-refractivity contribution in [1.82, 2.24) is 5.32 Å². The van der Waals surface area contributed by atoms with E-state index < -0.39 is 5.97 Å². The van der Waals surface area contributed by atoms with Gasteiger partial charge in [0.25, 0.3) is 0 Å². The molecule has 2 bridgehead atoms. The zero-order valence-electron chi connectivity index (χ0n) is 11.5. The zero-order chi connectivity index (χ0) is 13.7. The summed E-state index contributed by atoms with van der Waals surface area (Å²) < 4.78 is 0. The van der Waals surface area contributed by atoms with E-state index in [1.165, 1.54) is 32.1 Å². The van der Waals surface area contributed by atoms with E-state index in [-0.39, 0.29) is 0 Å². The Morgan fingerprint density at radius 1 is 1.30 bits per heavy atom. The monoisotopic (exact) mass is 291 g/mol. The highest BCUT2D eigenvalue weighted by atomic mass is 32.1. The molecule has 3 nitrogen and oxygen atoms in total. The lowest BCUT2D eigenvalue weighted by atomic mass is 9.79. The van der Waals surface area contributed by atoms with Crippen molar-refractivity contribution in [1.29, 1.82) is 0 Å². The molecular weight excluding hydrogens is 270 g/mol. The van der Waals surface area contributed by atoms with E-state index >= 15 is 0 Å². The highest BCUT2D eigenvalue weighted by Gasteiger charge is 2.53. The summed E-state index contributed by atoms with van der Waals surface area (Å²) in [5.74, 6) is 3.08. The molecule has 2 N–H and O–H groups in total. The Morgan fingerprint density at radius 2 is 2.15 bits per heavy atom. The van der Waals surface area contributed by atoms with Gasteiger partial charge in [0.2, 0.25) is 0 Å². The number of carbonyl (C=O) groups is 1. The van der Waals surface area contributed by atoms with Gasteiger partial charge >= 0.3 is 5.97 Å².